The maximum Gasteiger partial charge on any atom is 0.326 e. The number of rotatable bonds is 4. The van der Waals surface area contributed by atoms with E-state index in [1.54, 1.807) is 13.0 Å². The van der Waals surface area contributed by atoms with Gasteiger partial charge < -0.3 is 4.74 Å². The predicted molar refractivity (Wildman–Crippen MR) is 73.2 cm³/mol. The Bertz CT molecular complexity index is 543. The maximum absolute atomic E-state index is 12.1. The number of sulfonamides is 1. The number of ether oxygens (including phenoxy) is 1. The highest BCUT2D eigenvalue weighted by atomic mass is 79.9. The molecule has 5 nitrogen and oxygen atoms in total. The Morgan fingerprint density at radius 1 is 1.50 bits per heavy atom. The topological polar surface area (TPSA) is 72.5 Å². The molecule has 102 valence electrons. The molecule has 0 amide bonds. The van der Waals surface area contributed by atoms with Crippen LogP contribution in [0.2, 0.25) is 0 Å². The maximum atomic E-state index is 12.1. The smallest absolute Gasteiger partial charge is 0.326 e. The van der Waals surface area contributed by atoms with E-state index in [1.807, 2.05) is 0 Å². The van der Waals surface area contributed by atoms with Crippen molar-refractivity contribution in [3.8, 4) is 0 Å². The van der Waals surface area contributed by atoms with Gasteiger partial charge in [-0.2, -0.15) is 4.72 Å². The third kappa shape index (κ3) is 3.31. The Kier molecular flexibility index (Phi) is 4.58. The molecule has 1 N–H and O–H groups in total. The molecular formula is C10H14BrNO4S2. The molecule has 0 unspecified atom stereocenters. The van der Waals surface area contributed by atoms with Gasteiger partial charge in [-0.05, 0) is 48.3 Å². The minimum atomic E-state index is -3.74. The fourth-order valence-corrected chi connectivity index (χ4v) is 4.84. The molecule has 0 fully saturated rings. The standard InChI is InChI=1S/C10H14BrNO4S2/c1-6-5-7(17-8(6)11)18(14,15)12-10(2,3)9(13)16-4/h5,12H,1-4H3. The summed E-state index contributed by atoms with van der Waals surface area (Å²) >= 11 is 4.36. The normalized spacial score (nSPS) is 12.5. The number of aryl methyl sites for hydroxylation is 1. The molecular weight excluding hydrogens is 342 g/mol. The summed E-state index contributed by atoms with van der Waals surface area (Å²) < 4.78 is 32.0. The Morgan fingerprint density at radius 2 is 2.06 bits per heavy atom. The summed E-state index contributed by atoms with van der Waals surface area (Å²) in [6, 6.07) is 1.55. The van der Waals surface area contributed by atoms with E-state index < -0.39 is 21.5 Å². The van der Waals surface area contributed by atoms with E-state index in [1.165, 1.54) is 21.0 Å². The van der Waals surface area contributed by atoms with E-state index in [0.29, 0.717) is 0 Å². The van der Waals surface area contributed by atoms with Crippen LogP contribution in [0.1, 0.15) is 19.4 Å². The van der Waals surface area contributed by atoms with Crippen molar-refractivity contribution in [2.75, 3.05) is 7.11 Å². The van der Waals surface area contributed by atoms with Gasteiger partial charge in [-0.15, -0.1) is 11.3 Å². The predicted octanol–water partition coefficient (Wildman–Crippen LogP) is 2.05. The molecule has 1 aromatic rings. The average molecular weight is 356 g/mol. The Balaban J connectivity index is 3.06. The molecule has 1 rings (SSSR count). The van der Waals surface area contributed by atoms with Gasteiger partial charge in [0.15, 0.2) is 0 Å². The fraction of sp³-hybridized carbons (Fsp3) is 0.500. The highest BCUT2D eigenvalue weighted by molar-refractivity contribution is 9.11. The number of esters is 1. The first kappa shape index (κ1) is 15.6. The van der Waals surface area contributed by atoms with Crippen LogP contribution in [-0.2, 0) is 19.6 Å². The lowest BCUT2D eigenvalue weighted by molar-refractivity contribution is -0.146. The molecule has 0 saturated heterocycles. The van der Waals surface area contributed by atoms with Crippen molar-refractivity contribution in [3.05, 3.63) is 15.4 Å². The van der Waals surface area contributed by atoms with Gasteiger partial charge in [0.2, 0.25) is 0 Å². The average Bonchev–Trinajstić information content (AvgIpc) is 2.57. The molecule has 0 atom stereocenters. The zero-order valence-corrected chi connectivity index (χ0v) is 13.6. The van der Waals surface area contributed by atoms with E-state index in [4.69, 9.17) is 0 Å². The third-order valence-corrected chi connectivity index (χ3v) is 6.45. The molecule has 0 aliphatic carbocycles. The lowest BCUT2D eigenvalue weighted by Crippen LogP contribution is -2.49. The third-order valence-electron chi connectivity index (χ3n) is 2.18. The van der Waals surface area contributed by atoms with Crippen LogP contribution >= 0.6 is 27.3 Å². The summed E-state index contributed by atoms with van der Waals surface area (Å²) in [5.74, 6) is -0.640. The zero-order chi connectivity index (χ0) is 14.1. The molecule has 0 aromatic carbocycles. The Morgan fingerprint density at radius 3 is 2.44 bits per heavy atom. The second-order valence-electron chi connectivity index (χ2n) is 4.24. The Labute approximate surface area is 119 Å². The van der Waals surface area contributed by atoms with Gasteiger partial charge in [0.25, 0.3) is 10.0 Å². The number of nitrogens with one attached hydrogen (secondary N) is 1. The molecule has 1 aromatic heterocycles. The van der Waals surface area contributed by atoms with Gasteiger partial charge in [0, 0.05) is 0 Å². The molecule has 8 heteroatoms. The number of hydrogen-bond acceptors (Lipinski definition) is 5. The molecule has 0 aliphatic heterocycles. The lowest BCUT2D eigenvalue weighted by Gasteiger charge is -2.22. The number of carbonyl (C=O) groups is 1. The van der Waals surface area contributed by atoms with Crippen LogP contribution in [0.25, 0.3) is 0 Å². The fourth-order valence-electron chi connectivity index (χ4n) is 1.25. The first-order chi connectivity index (χ1) is 8.10. The van der Waals surface area contributed by atoms with Gasteiger partial charge in [0.05, 0.1) is 10.9 Å². The Hall–Kier alpha value is -0.440. The number of carbonyl (C=O) groups excluding carboxylic acids is 1. The second-order valence-corrected chi connectivity index (χ2v) is 8.52. The summed E-state index contributed by atoms with van der Waals surface area (Å²) in [4.78, 5) is 11.5. The van der Waals surface area contributed by atoms with Crippen molar-refractivity contribution in [3.63, 3.8) is 0 Å². The van der Waals surface area contributed by atoms with Crippen molar-refractivity contribution in [1.29, 1.82) is 0 Å². The minimum absolute atomic E-state index is 0.156. The summed E-state index contributed by atoms with van der Waals surface area (Å²) in [7, 11) is -2.52. The summed E-state index contributed by atoms with van der Waals surface area (Å²) in [5, 5.41) is 0. The molecule has 0 saturated carbocycles. The first-order valence-electron chi connectivity index (χ1n) is 4.98. The number of thiophene rings is 1. The van der Waals surface area contributed by atoms with E-state index >= 15 is 0 Å². The van der Waals surface area contributed by atoms with Crippen LogP contribution in [0.5, 0.6) is 0 Å². The van der Waals surface area contributed by atoms with Crippen LogP contribution in [0.15, 0.2) is 14.1 Å². The van der Waals surface area contributed by atoms with Crippen molar-refractivity contribution in [2.24, 2.45) is 0 Å². The SMILES string of the molecule is COC(=O)C(C)(C)NS(=O)(=O)c1cc(C)c(Br)s1. The van der Waals surface area contributed by atoms with Gasteiger partial charge in [0.1, 0.15) is 9.75 Å². The molecule has 0 aliphatic rings. The van der Waals surface area contributed by atoms with Crippen LogP contribution in [0, 0.1) is 6.92 Å². The molecule has 18 heavy (non-hydrogen) atoms. The minimum Gasteiger partial charge on any atom is -0.468 e. The van der Waals surface area contributed by atoms with Crippen LogP contribution in [0.4, 0.5) is 0 Å². The van der Waals surface area contributed by atoms with Gasteiger partial charge in [-0.1, -0.05) is 0 Å². The van der Waals surface area contributed by atoms with E-state index in [9.17, 15) is 13.2 Å². The van der Waals surface area contributed by atoms with Crippen molar-refractivity contribution in [2.45, 2.75) is 30.5 Å². The summed E-state index contributed by atoms with van der Waals surface area (Å²) in [5.41, 5.74) is -0.478. The molecule has 0 radical (unpaired) electrons. The summed E-state index contributed by atoms with van der Waals surface area (Å²) in [6.07, 6.45) is 0. The monoisotopic (exact) mass is 355 g/mol. The number of halogens is 1. The second kappa shape index (κ2) is 5.28. The van der Waals surface area contributed by atoms with E-state index in [0.717, 1.165) is 20.7 Å². The molecule has 0 spiro atoms. The van der Waals surface area contributed by atoms with Crippen molar-refractivity contribution >= 4 is 43.3 Å². The van der Waals surface area contributed by atoms with Gasteiger partial charge >= 0.3 is 5.97 Å². The van der Waals surface area contributed by atoms with Crippen LogP contribution in [-0.4, -0.2) is 27.0 Å². The van der Waals surface area contributed by atoms with Crippen molar-refractivity contribution < 1.29 is 17.9 Å². The van der Waals surface area contributed by atoms with E-state index in [-0.39, 0.29) is 4.21 Å². The largest absolute Gasteiger partial charge is 0.468 e. The van der Waals surface area contributed by atoms with Crippen LogP contribution < -0.4 is 4.72 Å². The summed E-state index contributed by atoms with van der Waals surface area (Å²) in [6.45, 7) is 4.70. The highest BCUT2D eigenvalue weighted by Gasteiger charge is 2.34. The number of hydrogen-bond donors (Lipinski definition) is 1. The van der Waals surface area contributed by atoms with E-state index in [2.05, 4.69) is 25.4 Å². The lowest BCUT2D eigenvalue weighted by atomic mass is 10.1. The van der Waals surface area contributed by atoms with Gasteiger partial charge in [-0.25, -0.2) is 8.42 Å². The highest BCUT2D eigenvalue weighted by Crippen LogP contribution is 2.31. The molecule has 1 heterocycles. The zero-order valence-electron chi connectivity index (χ0n) is 10.4. The first-order valence-corrected chi connectivity index (χ1v) is 8.08. The van der Waals surface area contributed by atoms with Crippen LogP contribution in [0.3, 0.4) is 0 Å². The molecule has 0 bridgehead atoms. The van der Waals surface area contributed by atoms with Crippen molar-refractivity contribution in [1.82, 2.24) is 4.72 Å². The number of methoxy groups -OCH3 is 1. The van der Waals surface area contributed by atoms with Gasteiger partial charge in [-0.3, -0.25) is 4.79 Å². The quantitative estimate of drug-likeness (QED) is 0.838.